The van der Waals surface area contributed by atoms with Crippen molar-refractivity contribution in [2.45, 2.75) is 12.6 Å². The maximum atomic E-state index is 12.9. The van der Waals surface area contributed by atoms with Gasteiger partial charge in [-0.15, -0.1) is 0 Å². The van der Waals surface area contributed by atoms with Crippen LogP contribution in [-0.2, 0) is 18.4 Å². The van der Waals surface area contributed by atoms with E-state index < -0.39 is 5.69 Å². The molecule has 1 fully saturated rings. The second-order valence-electron chi connectivity index (χ2n) is 6.40. The van der Waals surface area contributed by atoms with Gasteiger partial charge in [-0.2, -0.15) is 0 Å². The number of hydrogen-bond donors (Lipinski definition) is 0. The summed E-state index contributed by atoms with van der Waals surface area (Å²) in [5.41, 5.74) is 0.219. The van der Waals surface area contributed by atoms with Gasteiger partial charge in [0.1, 0.15) is 6.54 Å². The van der Waals surface area contributed by atoms with Gasteiger partial charge in [-0.05, 0) is 12.6 Å². The Labute approximate surface area is 145 Å². The first kappa shape index (κ1) is 17.2. The summed E-state index contributed by atoms with van der Waals surface area (Å²) in [6, 6.07) is 11.2. The SMILES string of the molecule is CN1CCN(C(=O)Cn2ccc(=O)n(C)c2=O)C(c2ccccc2)C1. The summed E-state index contributed by atoms with van der Waals surface area (Å²) < 4.78 is 2.29. The van der Waals surface area contributed by atoms with E-state index in [4.69, 9.17) is 0 Å². The number of piperazine rings is 1. The van der Waals surface area contributed by atoms with Gasteiger partial charge in [0, 0.05) is 38.9 Å². The quantitative estimate of drug-likeness (QED) is 0.791. The van der Waals surface area contributed by atoms with Crippen molar-refractivity contribution < 1.29 is 4.79 Å². The van der Waals surface area contributed by atoms with Gasteiger partial charge in [-0.25, -0.2) is 4.79 Å². The van der Waals surface area contributed by atoms with Crippen LogP contribution < -0.4 is 11.2 Å². The lowest BCUT2D eigenvalue weighted by atomic mass is 10.0. The number of hydrogen-bond acceptors (Lipinski definition) is 4. The van der Waals surface area contributed by atoms with Gasteiger partial charge in [0.15, 0.2) is 0 Å². The molecular formula is C18H22N4O3. The highest BCUT2D eigenvalue weighted by Gasteiger charge is 2.30. The highest BCUT2D eigenvalue weighted by Crippen LogP contribution is 2.25. The number of amides is 1. The van der Waals surface area contributed by atoms with Crippen molar-refractivity contribution in [2.24, 2.45) is 7.05 Å². The summed E-state index contributed by atoms with van der Waals surface area (Å²) >= 11 is 0. The third-order valence-electron chi connectivity index (χ3n) is 4.65. The van der Waals surface area contributed by atoms with Crippen molar-refractivity contribution >= 4 is 5.91 Å². The van der Waals surface area contributed by atoms with E-state index in [1.807, 2.05) is 42.3 Å². The highest BCUT2D eigenvalue weighted by molar-refractivity contribution is 5.76. The smallest absolute Gasteiger partial charge is 0.331 e. The van der Waals surface area contributed by atoms with Crippen molar-refractivity contribution in [1.29, 1.82) is 0 Å². The topological polar surface area (TPSA) is 67.5 Å². The summed E-state index contributed by atoms with van der Waals surface area (Å²) in [5.74, 6) is -0.122. The third-order valence-corrected chi connectivity index (χ3v) is 4.65. The fourth-order valence-electron chi connectivity index (χ4n) is 3.15. The summed E-state index contributed by atoms with van der Waals surface area (Å²) in [6.45, 7) is 2.07. The summed E-state index contributed by atoms with van der Waals surface area (Å²) in [4.78, 5) is 40.5. The van der Waals surface area contributed by atoms with Crippen molar-refractivity contribution in [2.75, 3.05) is 26.7 Å². The molecule has 1 unspecified atom stereocenters. The van der Waals surface area contributed by atoms with Gasteiger partial charge < -0.3 is 9.80 Å². The average molecular weight is 342 g/mol. The molecule has 1 aromatic heterocycles. The van der Waals surface area contributed by atoms with Gasteiger partial charge in [0.05, 0.1) is 6.04 Å². The predicted molar refractivity (Wildman–Crippen MR) is 94.3 cm³/mol. The number of aromatic nitrogens is 2. The van der Waals surface area contributed by atoms with Gasteiger partial charge in [-0.1, -0.05) is 30.3 Å². The zero-order valence-electron chi connectivity index (χ0n) is 14.5. The number of nitrogens with zero attached hydrogens (tertiary/aromatic N) is 4. The van der Waals surface area contributed by atoms with Gasteiger partial charge >= 0.3 is 5.69 Å². The molecule has 0 radical (unpaired) electrons. The first-order chi connectivity index (χ1) is 12.0. The van der Waals surface area contributed by atoms with Crippen molar-refractivity contribution in [3.8, 4) is 0 Å². The first-order valence-corrected chi connectivity index (χ1v) is 8.27. The van der Waals surface area contributed by atoms with E-state index in [0.29, 0.717) is 6.54 Å². The standard InChI is InChI=1S/C18H22N4O3/c1-19-10-11-22(15(12-19)14-6-4-3-5-7-14)17(24)13-21-9-8-16(23)20(2)18(21)25/h3-9,15H,10-13H2,1-2H3. The number of benzene rings is 1. The summed E-state index contributed by atoms with van der Waals surface area (Å²) in [6.07, 6.45) is 1.39. The predicted octanol–water partition coefficient (Wildman–Crippen LogP) is 0.0623. The fourth-order valence-corrected chi connectivity index (χ4v) is 3.15. The Balaban J connectivity index is 1.86. The maximum absolute atomic E-state index is 12.9. The lowest BCUT2D eigenvalue weighted by Gasteiger charge is -2.40. The molecule has 0 saturated carbocycles. The third kappa shape index (κ3) is 3.56. The Bertz CT molecular complexity index is 872. The second kappa shape index (κ2) is 7.06. The number of carbonyl (C=O) groups is 1. The minimum atomic E-state index is -0.480. The van der Waals surface area contributed by atoms with Crippen LogP contribution in [0, 0.1) is 0 Å². The van der Waals surface area contributed by atoms with Crippen LogP contribution in [0.15, 0.2) is 52.2 Å². The second-order valence-corrected chi connectivity index (χ2v) is 6.40. The van der Waals surface area contributed by atoms with E-state index in [0.717, 1.165) is 23.2 Å². The van der Waals surface area contributed by atoms with Crippen molar-refractivity contribution in [3.05, 3.63) is 69.0 Å². The van der Waals surface area contributed by atoms with E-state index in [1.54, 1.807) is 0 Å². The lowest BCUT2D eigenvalue weighted by molar-refractivity contribution is -0.136. The fraction of sp³-hybridized carbons (Fsp3) is 0.389. The van der Waals surface area contributed by atoms with Crippen LogP contribution in [0.1, 0.15) is 11.6 Å². The van der Waals surface area contributed by atoms with E-state index in [-0.39, 0.29) is 24.1 Å². The molecule has 7 nitrogen and oxygen atoms in total. The Morgan fingerprint density at radius 2 is 1.80 bits per heavy atom. The number of rotatable bonds is 3. The molecule has 1 aromatic carbocycles. The number of carbonyl (C=O) groups excluding carboxylic acids is 1. The van der Waals surface area contributed by atoms with Crippen LogP contribution >= 0.6 is 0 Å². The molecule has 0 spiro atoms. The molecule has 0 N–H and O–H groups in total. The molecule has 1 aliphatic heterocycles. The molecule has 3 rings (SSSR count). The molecule has 132 valence electrons. The minimum absolute atomic E-state index is 0.0457. The van der Waals surface area contributed by atoms with Gasteiger partial charge in [-0.3, -0.25) is 18.7 Å². The summed E-state index contributed by atoms with van der Waals surface area (Å²) in [7, 11) is 3.45. The molecule has 2 heterocycles. The molecule has 2 aromatic rings. The number of likely N-dealkylation sites (N-methyl/N-ethyl adjacent to an activating group) is 1. The van der Waals surface area contributed by atoms with Gasteiger partial charge in [0.2, 0.25) is 5.91 Å². The zero-order chi connectivity index (χ0) is 18.0. The average Bonchev–Trinajstić information content (AvgIpc) is 2.62. The molecule has 0 aliphatic carbocycles. The highest BCUT2D eigenvalue weighted by atomic mass is 16.2. The van der Waals surface area contributed by atoms with E-state index in [2.05, 4.69) is 4.90 Å². The van der Waals surface area contributed by atoms with E-state index >= 15 is 0 Å². The zero-order valence-corrected chi connectivity index (χ0v) is 14.5. The maximum Gasteiger partial charge on any atom is 0.331 e. The Hall–Kier alpha value is -2.67. The Kier molecular flexibility index (Phi) is 4.85. The largest absolute Gasteiger partial charge is 0.332 e. The summed E-state index contributed by atoms with van der Waals surface area (Å²) in [5, 5.41) is 0. The molecule has 0 bridgehead atoms. The monoisotopic (exact) mass is 342 g/mol. The van der Waals surface area contributed by atoms with Crippen LogP contribution in [0.3, 0.4) is 0 Å². The minimum Gasteiger partial charge on any atom is -0.332 e. The molecule has 25 heavy (non-hydrogen) atoms. The molecule has 1 atom stereocenters. The Morgan fingerprint density at radius 3 is 2.52 bits per heavy atom. The van der Waals surface area contributed by atoms with Crippen LogP contribution in [0.4, 0.5) is 0 Å². The molecule has 1 aliphatic rings. The van der Waals surface area contributed by atoms with Crippen LogP contribution in [0.2, 0.25) is 0 Å². The van der Waals surface area contributed by atoms with E-state index in [1.165, 1.54) is 23.9 Å². The first-order valence-electron chi connectivity index (χ1n) is 8.27. The van der Waals surface area contributed by atoms with E-state index in [9.17, 15) is 14.4 Å². The van der Waals surface area contributed by atoms with Crippen LogP contribution in [0.25, 0.3) is 0 Å². The van der Waals surface area contributed by atoms with Gasteiger partial charge in [0.25, 0.3) is 5.56 Å². The van der Waals surface area contributed by atoms with Crippen molar-refractivity contribution in [3.63, 3.8) is 0 Å². The van der Waals surface area contributed by atoms with Crippen molar-refractivity contribution in [1.82, 2.24) is 18.9 Å². The van der Waals surface area contributed by atoms with Crippen LogP contribution in [-0.4, -0.2) is 51.5 Å². The molecular weight excluding hydrogens is 320 g/mol. The molecule has 7 heteroatoms. The normalized spacial score (nSPS) is 18.3. The Morgan fingerprint density at radius 1 is 1.08 bits per heavy atom. The molecule has 1 amide bonds. The molecule has 1 saturated heterocycles. The lowest BCUT2D eigenvalue weighted by Crippen LogP contribution is -2.51. The van der Waals surface area contributed by atoms with Crippen LogP contribution in [0.5, 0.6) is 0 Å².